The number of benzene rings is 1. The molecule has 1 aliphatic carbocycles. The molecule has 3 rings (SSSR count). The maximum absolute atomic E-state index is 12.7. The summed E-state index contributed by atoms with van der Waals surface area (Å²) in [5, 5.41) is 3.13. The van der Waals surface area contributed by atoms with Crippen molar-refractivity contribution in [2.24, 2.45) is 0 Å². The Bertz CT molecular complexity index is 831. The molecule has 1 saturated carbocycles. The Morgan fingerprint density at radius 2 is 1.66 bits per heavy atom. The van der Waals surface area contributed by atoms with Crippen LogP contribution in [0.1, 0.15) is 61.7 Å². The van der Waals surface area contributed by atoms with Gasteiger partial charge < -0.3 is 5.32 Å². The van der Waals surface area contributed by atoms with Crippen LogP contribution < -0.4 is 10.0 Å². The summed E-state index contributed by atoms with van der Waals surface area (Å²) >= 11 is 0. The van der Waals surface area contributed by atoms with Crippen LogP contribution >= 0.6 is 0 Å². The molecule has 2 N–H and O–H groups in total. The minimum atomic E-state index is -3.65. The summed E-state index contributed by atoms with van der Waals surface area (Å²) in [6.07, 6.45) is 14.8. The Morgan fingerprint density at radius 3 is 2.28 bits per heavy atom. The van der Waals surface area contributed by atoms with E-state index in [9.17, 15) is 13.2 Å². The first-order valence-electron chi connectivity index (χ1n) is 10.5. The van der Waals surface area contributed by atoms with Gasteiger partial charge in [-0.25, -0.2) is 8.42 Å². The summed E-state index contributed by atoms with van der Waals surface area (Å²) in [5.74, 6) is 2.08. The zero-order valence-corrected chi connectivity index (χ0v) is 17.8. The fraction of sp³-hybridized carbons (Fsp3) is 0.591. The average Bonchev–Trinajstić information content (AvgIpc) is 2.77. The van der Waals surface area contributed by atoms with Crippen LogP contribution in [0.4, 0.5) is 0 Å². The lowest BCUT2D eigenvalue weighted by Gasteiger charge is -2.48. The molecule has 1 aliphatic heterocycles. The van der Waals surface area contributed by atoms with Crippen molar-refractivity contribution in [1.29, 1.82) is 0 Å². The minimum Gasteiger partial charge on any atom is -0.350 e. The van der Waals surface area contributed by atoms with Gasteiger partial charge in [0.25, 0.3) is 5.91 Å². The van der Waals surface area contributed by atoms with Crippen LogP contribution in [0.3, 0.4) is 0 Å². The Kier molecular flexibility index (Phi) is 7.33. The van der Waals surface area contributed by atoms with Crippen LogP contribution in [0.25, 0.3) is 0 Å². The van der Waals surface area contributed by atoms with Gasteiger partial charge >= 0.3 is 0 Å². The van der Waals surface area contributed by atoms with E-state index in [2.05, 4.69) is 20.9 Å². The second kappa shape index (κ2) is 9.75. The number of hydrogen-bond donors (Lipinski definition) is 2. The number of piperidine rings is 1. The molecule has 1 aromatic rings. The van der Waals surface area contributed by atoms with Crippen molar-refractivity contribution in [3.63, 3.8) is 0 Å². The van der Waals surface area contributed by atoms with E-state index in [4.69, 9.17) is 6.42 Å². The van der Waals surface area contributed by atoms with Gasteiger partial charge in [0.2, 0.25) is 10.0 Å². The molecule has 0 aromatic heterocycles. The maximum Gasteiger partial charge on any atom is 0.251 e. The zero-order valence-electron chi connectivity index (χ0n) is 17.0. The SMILES string of the molecule is C#CCNS(=O)(=O)c1ccc(C(=O)NCC2(N3CCCCC3)CCCCC2)cc1. The fourth-order valence-corrected chi connectivity index (χ4v) is 5.47. The number of nitrogens with one attached hydrogen (secondary N) is 2. The monoisotopic (exact) mass is 417 g/mol. The number of rotatable bonds is 7. The lowest BCUT2D eigenvalue weighted by atomic mass is 9.79. The van der Waals surface area contributed by atoms with Crippen molar-refractivity contribution in [2.45, 2.75) is 61.8 Å². The van der Waals surface area contributed by atoms with Crippen molar-refractivity contribution < 1.29 is 13.2 Å². The Balaban J connectivity index is 1.65. The molecule has 29 heavy (non-hydrogen) atoms. The highest BCUT2D eigenvalue weighted by atomic mass is 32.2. The van der Waals surface area contributed by atoms with Crippen LogP contribution in [0.15, 0.2) is 29.2 Å². The fourth-order valence-electron chi connectivity index (χ4n) is 4.54. The third-order valence-corrected chi connectivity index (χ3v) is 7.60. The van der Waals surface area contributed by atoms with Gasteiger partial charge in [-0.05, 0) is 63.0 Å². The predicted molar refractivity (Wildman–Crippen MR) is 114 cm³/mol. The molecular formula is C22H31N3O3S. The van der Waals surface area contributed by atoms with Crippen molar-refractivity contribution in [2.75, 3.05) is 26.2 Å². The van der Waals surface area contributed by atoms with E-state index in [1.54, 1.807) is 12.1 Å². The van der Waals surface area contributed by atoms with E-state index in [1.165, 1.54) is 50.7 Å². The number of amides is 1. The largest absolute Gasteiger partial charge is 0.350 e. The highest BCUT2D eigenvalue weighted by Gasteiger charge is 2.38. The van der Waals surface area contributed by atoms with E-state index >= 15 is 0 Å². The highest BCUT2D eigenvalue weighted by Crippen LogP contribution is 2.35. The van der Waals surface area contributed by atoms with Crippen LogP contribution in [-0.2, 0) is 10.0 Å². The Hall–Kier alpha value is -1.88. The van der Waals surface area contributed by atoms with E-state index in [1.807, 2.05) is 0 Å². The highest BCUT2D eigenvalue weighted by molar-refractivity contribution is 7.89. The first-order valence-corrected chi connectivity index (χ1v) is 12.0. The Morgan fingerprint density at radius 1 is 1.03 bits per heavy atom. The van der Waals surface area contributed by atoms with Gasteiger partial charge in [0.05, 0.1) is 11.4 Å². The molecule has 7 heteroatoms. The van der Waals surface area contributed by atoms with E-state index < -0.39 is 10.0 Å². The quantitative estimate of drug-likeness (QED) is 0.668. The molecule has 1 heterocycles. The third-order valence-electron chi connectivity index (χ3n) is 6.18. The second-order valence-electron chi connectivity index (χ2n) is 8.07. The Labute approximate surface area is 174 Å². The van der Waals surface area contributed by atoms with Gasteiger partial charge in [0.1, 0.15) is 0 Å². The first kappa shape index (κ1) is 21.8. The van der Waals surface area contributed by atoms with Gasteiger partial charge in [0.15, 0.2) is 0 Å². The van der Waals surface area contributed by atoms with Gasteiger partial charge in [0, 0.05) is 17.6 Å². The minimum absolute atomic E-state index is 0.0662. The summed E-state index contributed by atoms with van der Waals surface area (Å²) in [4.78, 5) is 15.4. The molecule has 1 amide bonds. The topological polar surface area (TPSA) is 78.5 Å². The number of terminal acetylenes is 1. The molecule has 2 fully saturated rings. The average molecular weight is 418 g/mol. The van der Waals surface area contributed by atoms with Gasteiger partial charge in [-0.3, -0.25) is 9.69 Å². The smallest absolute Gasteiger partial charge is 0.251 e. The summed E-state index contributed by atoms with van der Waals surface area (Å²) in [6.45, 7) is 2.82. The molecule has 1 saturated heterocycles. The molecule has 0 bridgehead atoms. The number of sulfonamides is 1. The molecule has 0 atom stereocenters. The number of likely N-dealkylation sites (tertiary alicyclic amines) is 1. The lowest BCUT2D eigenvalue weighted by Crippen LogP contribution is -2.58. The van der Waals surface area contributed by atoms with Crippen LogP contribution in [0, 0.1) is 12.3 Å². The molecular weight excluding hydrogens is 386 g/mol. The number of hydrogen-bond acceptors (Lipinski definition) is 4. The van der Waals surface area contributed by atoms with E-state index in [0.717, 1.165) is 25.9 Å². The molecule has 0 unspecified atom stereocenters. The van der Waals surface area contributed by atoms with Crippen molar-refractivity contribution in [3.8, 4) is 12.3 Å². The summed E-state index contributed by atoms with van der Waals surface area (Å²) in [5.41, 5.74) is 0.530. The molecule has 1 aromatic carbocycles. The third kappa shape index (κ3) is 5.39. The molecule has 158 valence electrons. The molecule has 0 radical (unpaired) electrons. The summed E-state index contributed by atoms with van der Waals surface area (Å²) in [7, 11) is -3.65. The van der Waals surface area contributed by atoms with Gasteiger partial charge in [-0.15, -0.1) is 6.42 Å². The second-order valence-corrected chi connectivity index (χ2v) is 9.84. The van der Waals surface area contributed by atoms with E-state index in [-0.39, 0.29) is 22.9 Å². The molecule has 6 nitrogen and oxygen atoms in total. The van der Waals surface area contributed by atoms with Crippen molar-refractivity contribution >= 4 is 15.9 Å². The first-order chi connectivity index (χ1) is 14.0. The van der Waals surface area contributed by atoms with Crippen molar-refractivity contribution in [3.05, 3.63) is 29.8 Å². The molecule has 0 spiro atoms. The predicted octanol–water partition coefficient (Wildman–Crippen LogP) is 2.52. The zero-order chi connectivity index (χ0) is 20.7. The van der Waals surface area contributed by atoms with Crippen LogP contribution in [-0.4, -0.2) is 50.9 Å². The maximum atomic E-state index is 12.7. The van der Waals surface area contributed by atoms with E-state index in [0.29, 0.717) is 12.1 Å². The van der Waals surface area contributed by atoms with Crippen LogP contribution in [0.2, 0.25) is 0 Å². The summed E-state index contributed by atoms with van der Waals surface area (Å²) in [6, 6.07) is 5.98. The molecule has 2 aliphatic rings. The van der Waals surface area contributed by atoms with Gasteiger partial charge in [-0.2, -0.15) is 4.72 Å². The number of carbonyl (C=O) groups is 1. The number of carbonyl (C=O) groups excluding carboxylic acids is 1. The van der Waals surface area contributed by atoms with Crippen LogP contribution in [0.5, 0.6) is 0 Å². The standard InChI is InChI=1S/C22H31N3O3S/c1-2-15-24-29(27,28)20-11-9-19(10-12-20)21(26)23-18-22(13-5-3-6-14-22)25-16-7-4-8-17-25/h1,9-12,24H,3-8,13-18H2,(H,23,26). The number of nitrogens with zero attached hydrogens (tertiary/aromatic N) is 1. The lowest BCUT2D eigenvalue weighted by molar-refractivity contribution is 0.0326. The van der Waals surface area contributed by atoms with Crippen molar-refractivity contribution in [1.82, 2.24) is 14.9 Å². The normalized spacial score (nSPS) is 20.0. The summed E-state index contributed by atoms with van der Waals surface area (Å²) < 4.78 is 26.5. The van der Waals surface area contributed by atoms with Gasteiger partial charge in [-0.1, -0.05) is 31.6 Å².